The minimum Gasteiger partial charge on any atom is -0.550 e. The van der Waals surface area contributed by atoms with Crippen LogP contribution < -0.4 is 9.84 Å². The van der Waals surface area contributed by atoms with Crippen molar-refractivity contribution in [2.24, 2.45) is 5.92 Å². The Hall–Kier alpha value is -2.04. The van der Waals surface area contributed by atoms with Crippen molar-refractivity contribution in [3.8, 4) is 5.75 Å². The van der Waals surface area contributed by atoms with Crippen molar-refractivity contribution >= 4 is 11.9 Å². The number of aliphatic carboxylic acids is 1. The molecule has 2 rings (SSSR count). The van der Waals surface area contributed by atoms with Crippen LogP contribution in [0.2, 0.25) is 0 Å². The molecule has 1 aliphatic rings. The predicted octanol–water partition coefficient (Wildman–Crippen LogP) is 1.49. The lowest BCUT2D eigenvalue weighted by Crippen LogP contribution is -2.45. The third-order valence-electron chi connectivity index (χ3n) is 4.41. The zero-order valence-corrected chi connectivity index (χ0v) is 14.0. The van der Waals surface area contributed by atoms with Crippen LogP contribution in [0, 0.1) is 12.8 Å². The van der Waals surface area contributed by atoms with Crippen LogP contribution in [0.4, 0.5) is 0 Å². The molecule has 1 saturated heterocycles. The summed E-state index contributed by atoms with van der Waals surface area (Å²) in [4.78, 5) is 24.6. The molecule has 5 heteroatoms. The molecule has 0 N–H and O–H groups in total. The summed E-state index contributed by atoms with van der Waals surface area (Å²) in [5.41, 5.74) is 2.42. The molecule has 1 aromatic rings. The van der Waals surface area contributed by atoms with Gasteiger partial charge in [0, 0.05) is 25.0 Å². The van der Waals surface area contributed by atoms with Crippen LogP contribution in [0.25, 0.3) is 0 Å². The molecule has 126 valence electrons. The molecule has 0 atom stereocenters. The van der Waals surface area contributed by atoms with Gasteiger partial charge in [-0.1, -0.05) is 19.9 Å². The fourth-order valence-corrected chi connectivity index (χ4v) is 2.99. The van der Waals surface area contributed by atoms with Gasteiger partial charge in [0.1, 0.15) is 5.75 Å². The van der Waals surface area contributed by atoms with Gasteiger partial charge in [0.2, 0.25) is 0 Å². The van der Waals surface area contributed by atoms with E-state index in [1.807, 2.05) is 25.1 Å². The van der Waals surface area contributed by atoms with Gasteiger partial charge in [0.15, 0.2) is 6.61 Å². The number of hydrogen-bond donors (Lipinski definition) is 0. The van der Waals surface area contributed by atoms with E-state index >= 15 is 0 Å². The molecule has 0 spiro atoms. The summed E-state index contributed by atoms with van der Waals surface area (Å²) in [6.45, 7) is 7.20. The minimum absolute atomic E-state index is 0.0174. The molecule has 1 aromatic carbocycles. The zero-order chi connectivity index (χ0) is 17.0. The Balaban J connectivity index is 1.85. The number of carboxylic acid groups (broad SMARTS) is 1. The highest BCUT2D eigenvalue weighted by atomic mass is 16.5. The van der Waals surface area contributed by atoms with Crippen molar-refractivity contribution in [3.63, 3.8) is 0 Å². The molecule has 0 bridgehead atoms. The number of carbonyl (C=O) groups excluding carboxylic acids is 2. The summed E-state index contributed by atoms with van der Waals surface area (Å²) in [5, 5.41) is 10.8. The van der Waals surface area contributed by atoms with Crippen molar-refractivity contribution in [2.45, 2.75) is 39.5 Å². The van der Waals surface area contributed by atoms with E-state index in [1.165, 1.54) is 5.56 Å². The molecular weight excluding hydrogens is 294 g/mol. The number of carbonyl (C=O) groups is 2. The monoisotopic (exact) mass is 318 g/mol. The van der Waals surface area contributed by atoms with Crippen molar-refractivity contribution in [3.05, 3.63) is 29.3 Å². The first-order valence-corrected chi connectivity index (χ1v) is 8.10. The van der Waals surface area contributed by atoms with Crippen LogP contribution >= 0.6 is 0 Å². The molecule has 1 heterocycles. The Morgan fingerprint density at radius 3 is 2.48 bits per heavy atom. The van der Waals surface area contributed by atoms with Crippen LogP contribution in [0.1, 0.15) is 43.7 Å². The number of carboxylic acids is 1. The normalized spacial score (nSPS) is 15.7. The average molecular weight is 318 g/mol. The summed E-state index contributed by atoms with van der Waals surface area (Å²) in [6, 6.07) is 5.87. The predicted molar refractivity (Wildman–Crippen MR) is 85.1 cm³/mol. The second kappa shape index (κ2) is 7.49. The number of nitrogens with zero attached hydrogens (tertiary/aromatic N) is 1. The Labute approximate surface area is 137 Å². The lowest BCUT2D eigenvalue weighted by atomic mass is 9.97. The molecule has 1 aliphatic heterocycles. The van der Waals surface area contributed by atoms with Crippen LogP contribution in [0.3, 0.4) is 0 Å². The summed E-state index contributed by atoms with van der Waals surface area (Å²) < 4.78 is 5.59. The van der Waals surface area contributed by atoms with E-state index in [0.29, 0.717) is 37.6 Å². The molecule has 0 radical (unpaired) electrons. The molecule has 0 unspecified atom stereocenters. The van der Waals surface area contributed by atoms with E-state index in [1.54, 1.807) is 4.90 Å². The van der Waals surface area contributed by atoms with Crippen molar-refractivity contribution in [2.75, 3.05) is 19.7 Å². The standard InChI is InChI=1S/C18H25NO4/c1-12(2)16-5-4-15(10-13(16)3)23-11-17(20)19-8-6-14(7-9-19)18(21)22/h4-5,10,12,14H,6-9,11H2,1-3H3,(H,21,22)/p-1. The molecule has 1 fully saturated rings. The zero-order valence-electron chi connectivity index (χ0n) is 14.0. The number of hydrogen-bond acceptors (Lipinski definition) is 4. The van der Waals surface area contributed by atoms with Crippen LogP contribution in [-0.4, -0.2) is 36.5 Å². The Bertz CT molecular complexity index is 574. The number of likely N-dealkylation sites (tertiary alicyclic amines) is 1. The van der Waals surface area contributed by atoms with Gasteiger partial charge in [0.05, 0.1) is 0 Å². The van der Waals surface area contributed by atoms with Gasteiger partial charge in [-0.15, -0.1) is 0 Å². The average Bonchev–Trinajstić information content (AvgIpc) is 2.52. The third kappa shape index (κ3) is 4.47. The van der Waals surface area contributed by atoms with Gasteiger partial charge in [0.25, 0.3) is 5.91 Å². The third-order valence-corrected chi connectivity index (χ3v) is 4.41. The maximum atomic E-state index is 12.1. The first-order valence-electron chi connectivity index (χ1n) is 8.10. The van der Waals surface area contributed by atoms with Crippen molar-refractivity contribution < 1.29 is 19.4 Å². The lowest BCUT2D eigenvalue weighted by Gasteiger charge is -2.32. The van der Waals surface area contributed by atoms with Gasteiger partial charge in [-0.3, -0.25) is 4.79 Å². The molecule has 23 heavy (non-hydrogen) atoms. The first kappa shape index (κ1) is 17.3. The molecule has 0 aromatic heterocycles. The molecule has 0 aliphatic carbocycles. The number of ether oxygens (including phenoxy) is 1. The molecule has 1 amide bonds. The van der Waals surface area contributed by atoms with Crippen molar-refractivity contribution in [1.82, 2.24) is 4.90 Å². The highest BCUT2D eigenvalue weighted by Crippen LogP contribution is 2.23. The highest BCUT2D eigenvalue weighted by Gasteiger charge is 2.23. The molecule has 0 saturated carbocycles. The SMILES string of the molecule is Cc1cc(OCC(=O)N2CCC(C(=O)[O-])CC2)ccc1C(C)C. The number of piperidine rings is 1. The van der Waals surface area contributed by atoms with E-state index in [9.17, 15) is 14.7 Å². The summed E-state index contributed by atoms with van der Waals surface area (Å²) in [6.07, 6.45) is 0.909. The fourth-order valence-electron chi connectivity index (χ4n) is 2.99. The maximum Gasteiger partial charge on any atom is 0.260 e. The Morgan fingerprint density at radius 2 is 1.96 bits per heavy atom. The van der Waals surface area contributed by atoms with E-state index < -0.39 is 11.9 Å². The van der Waals surface area contributed by atoms with Crippen LogP contribution in [-0.2, 0) is 9.59 Å². The quantitative estimate of drug-likeness (QED) is 0.825. The minimum atomic E-state index is -1.02. The lowest BCUT2D eigenvalue weighted by molar-refractivity contribution is -0.312. The number of amides is 1. The largest absolute Gasteiger partial charge is 0.550 e. The van der Waals surface area contributed by atoms with Crippen molar-refractivity contribution in [1.29, 1.82) is 0 Å². The molecular formula is C18H24NO4-. The summed E-state index contributed by atoms with van der Waals surface area (Å²) in [5.74, 6) is -0.423. The van der Waals surface area contributed by atoms with E-state index in [2.05, 4.69) is 13.8 Å². The van der Waals surface area contributed by atoms with Gasteiger partial charge in [-0.2, -0.15) is 0 Å². The van der Waals surface area contributed by atoms with Gasteiger partial charge in [-0.05, 0) is 48.9 Å². The molecule has 5 nitrogen and oxygen atoms in total. The van der Waals surface area contributed by atoms with Crippen LogP contribution in [0.5, 0.6) is 5.75 Å². The van der Waals surface area contributed by atoms with Gasteiger partial charge < -0.3 is 19.5 Å². The Morgan fingerprint density at radius 1 is 1.30 bits per heavy atom. The maximum absolute atomic E-state index is 12.1. The first-order chi connectivity index (χ1) is 10.9. The number of aryl methyl sites for hydroxylation is 1. The van der Waals surface area contributed by atoms with E-state index in [0.717, 1.165) is 5.56 Å². The smallest absolute Gasteiger partial charge is 0.260 e. The van der Waals surface area contributed by atoms with E-state index in [4.69, 9.17) is 4.74 Å². The second-order valence-corrected chi connectivity index (χ2v) is 6.44. The fraction of sp³-hybridized carbons (Fsp3) is 0.556. The number of rotatable bonds is 5. The summed E-state index contributed by atoms with van der Waals surface area (Å²) >= 11 is 0. The van der Waals surface area contributed by atoms with Gasteiger partial charge in [-0.25, -0.2) is 0 Å². The number of benzene rings is 1. The summed E-state index contributed by atoms with van der Waals surface area (Å²) in [7, 11) is 0. The highest BCUT2D eigenvalue weighted by molar-refractivity contribution is 5.78. The van der Waals surface area contributed by atoms with Gasteiger partial charge >= 0.3 is 0 Å². The topological polar surface area (TPSA) is 69.7 Å². The second-order valence-electron chi connectivity index (χ2n) is 6.44. The Kier molecular flexibility index (Phi) is 5.64. The van der Waals surface area contributed by atoms with E-state index in [-0.39, 0.29) is 12.5 Å². The van der Waals surface area contributed by atoms with Crippen LogP contribution in [0.15, 0.2) is 18.2 Å².